The van der Waals surface area contributed by atoms with Crippen LogP contribution in [-0.2, 0) is 13.6 Å². The largest absolute Gasteiger partial charge is 0.397 e. The molecule has 0 aromatic carbocycles. The van der Waals surface area contributed by atoms with Crippen molar-refractivity contribution in [1.82, 2.24) is 14.8 Å². The van der Waals surface area contributed by atoms with Crippen molar-refractivity contribution in [2.75, 3.05) is 11.1 Å². The summed E-state index contributed by atoms with van der Waals surface area (Å²) in [5.74, 6) is 0.629. The number of aryl methyl sites for hydroxylation is 1. The molecule has 0 spiro atoms. The molecule has 0 atom stereocenters. The van der Waals surface area contributed by atoms with Crippen LogP contribution in [-0.4, -0.2) is 14.8 Å². The number of nitrogens with two attached hydrogens (primary N) is 1. The van der Waals surface area contributed by atoms with E-state index in [1.54, 1.807) is 12.3 Å². The predicted octanol–water partition coefficient (Wildman–Crippen LogP) is 1.97. The Bertz CT molecular complexity index is 535. The SMILES string of the molecule is Cc1c(CNc2ncc(N)cc2Cl)cnn1C. The summed E-state index contributed by atoms with van der Waals surface area (Å²) in [6.45, 7) is 2.65. The minimum absolute atomic E-state index is 0.520. The Morgan fingerprint density at radius 2 is 2.24 bits per heavy atom. The molecule has 6 heteroatoms. The van der Waals surface area contributed by atoms with Crippen molar-refractivity contribution in [3.8, 4) is 0 Å². The number of pyridine rings is 1. The molecular formula is C11H14ClN5. The van der Waals surface area contributed by atoms with Crippen LogP contribution >= 0.6 is 11.6 Å². The molecular weight excluding hydrogens is 238 g/mol. The van der Waals surface area contributed by atoms with E-state index in [2.05, 4.69) is 15.4 Å². The second-order valence-electron chi connectivity index (χ2n) is 3.83. The average Bonchev–Trinajstić information content (AvgIpc) is 2.59. The van der Waals surface area contributed by atoms with Gasteiger partial charge in [0.1, 0.15) is 5.82 Å². The number of halogens is 1. The van der Waals surface area contributed by atoms with Crippen molar-refractivity contribution >= 4 is 23.1 Å². The Hall–Kier alpha value is -1.75. The van der Waals surface area contributed by atoms with Crippen LogP contribution in [0.15, 0.2) is 18.5 Å². The number of hydrogen-bond acceptors (Lipinski definition) is 4. The van der Waals surface area contributed by atoms with Crippen LogP contribution in [0, 0.1) is 6.92 Å². The number of nitrogen functional groups attached to an aromatic ring is 1. The van der Waals surface area contributed by atoms with Crippen molar-refractivity contribution in [2.45, 2.75) is 13.5 Å². The molecule has 0 aliphatic carbocycles. The van der Waals surface area contributed by atoms with Gasteiger partial charge >= 0.3 is 0 Å². The number of anilines is 2. The lowest BCUT2D eigenvalue weighted by atomic mass is 10.2. The molecule has 0 radical (unpaired) electrons. The summed E-state index contributed by atoms with van der Waals surface area (Å²) in [6.07, 6.45) is 3.40. The first-order valence-electron chi connectivity index (χ1n) is 5.20. The second kappa shape index (κ2) is 4.63. The zero-order valence-corrected chi connectivity index (χ0v) is 10.5. The van der Waals surface area contributed by atoms with E-state index in [9.17, 15) is 0 Å². The van der Waals surface area contributed by atoms with Crippen LogP contribution in [0.25, 0.3) is 0 Å². The van der Waals surface area contributed by atoms with Crippen LogP contribution < -0.4 is 11.1 Å². The fourth-order valence-electron chi connectivity index (χ4n) is 1.48. The fourth-order valence-corrected chi connectivity index (χ4v) is 1.72. The molecule has 0 aliphatic heterocycles. The number of nitrogens with zero attached hydrogens (tertiary/aromatic N) is 3. The summed E-state index contributed by atoms with van der Waals surface area (Å²) in [4.78, 5) is 4.13. The van der Waals surface area contributed by atoms with Crippen molar-refractivity contribution < 1.29 is 0 Å². The van der Waals surface area contributed by atoms with E-state index in [1.165, 1.54) is 0 Å². The number of aromatic nitrogens is 3. The van der Waals surface area contributed by atoms with Crippen molar-refractivity contribution in [2.24, 2.45) is 7.05 Å². The van der Waals surface area contributed by atoms with Gasteiger partial charge in [0.15, 0.2) is 0 Å². The van der Waals surface area contributed by atoms with Crippen molar-refractivity contribution in [3.63, 3.8) is 0 Å². The maximum Gasteiger partial charge on any atom is 0.145 e. The van der Waals surface area contributed by atoms with Crippen molar-refractivity contribution in [1.29, 1.82) is 0 Å². The third kappa shape index (κ3) is 2.50. The maximum atomic E-state index is 6.01. The van der Waals surface area contributed by atoms with E-state index in [0.29, 0.717) is 23.1 Å². The van der Waals surface area contributed by atoms with Gasteiger partial charge in [-0.15, -0.1) is 0 Å². The van der Waals surface area contributed by atoms with E-state index >= 15 is 0 Å². The molecule has 2 aromatic heterocycles. The first-order valence-corrected chi connectivity index (χ1v) is 5.58. The summed E-state index contributed by atoms with van der Waals surface area (Å²) >= 11 is 6.01. The van der Waals surface area contributed by atoms with E-state index in [1.807, 2.05) is 24.9 Å². The van der Waals surface area contributed by atoms with E-state index in [4.69, 9.17) is 17.3 Å². The first kappa shape index (κ1) is 11.7. The third-order valence-corrected chi connectivity index (χ3v) is 2.93. The summed E-state index contributed by atoms with van der Waals surface area (Å²) in [6, 6.07) is 1.67. The molecule has 0 aliphatic rings. The van der Waals surface area contributed by atoms with Gasteiger partial charge in [0.2, 0.25) is 0 Å². The monoisotopic (exact) mass is 251 g/mol. The lowest BCUT2D eigenvalue weighted by molar-refractivity contribution is 0.738. The Balaban J connectivity index is 2.10. The van der Waals surface area contributed by atoms with E-state index in [-0.39, 0.29) is 0 Å². The van der Waals surface area contributed by atoms with Crippen LogP contribution in [0.2, 0.25) is 5.02 Å². The molecule has 3 N–H and O–H groups in total. The molecule has 2 rings (SSSR count). The fraction of sp³-hybridized carbons (Fsp3) is 0.273. The summed E-state index contributed by atoms with van der Waals surface area (Å²) < 4.78 is 1.83. The summed E-state index contributed by atoms with van der Waals surface area (Å²) in [7, 11) is 1.91. The topological polar surface area (TPSA) is 68.8 Å². The maximum absolute atomic E-state index is 6.01. The Labute approximate surface area is 105 Å². The molecule has 0 saturated heterocycles. The molecule has 0 fully saturated rings. The lowest BCUT2D eigenvalue weighted by Crippen LogP contribution is -2.04. The number of hydrogen-bond donors (Lipinski definition) is 2. The normalized spacial score (nSPS) is 10.5. The van der Waals surface area contributed by atoms with Gasteiger partial charge in [0.05, 0.1) is 23.1 Å². The molecule has 90 valence electrons. The van der Waals surface area contributed by atoms with E-state index < -0.39 is 0 Å². The van der Waals surface area contributed by atoms with Gasteiger partial charge in [-0.3, -0.25) is 4.68 Å². The highest BCUT2D eigenvalue weighted by atomic mass is 35.5. The molecule has 0 saturated carbocycles. The molecule has 0 unspecified atom stereocenters. The average molecular weight is 252 g/mol. The zero-order valence-electron chi connectivity index (χ0n) is 9.74. The molecule has 17 heavy (non-hydrogen) atoms. The Kier molecular flexibility index (Phi) is 3.19. The van der Waals surface area contributed by atoms with Crippen LogP contribution in [0.5, 0.6) is 0 Å². The zero-order chi connectivity index (χ0) is 12.4. The third-order valence-electron chi connectivity index (χ3n) is 2.65. The van der Waals surface area contributed by atoms with Crippen LogP contribution in [0.1, 0.15) is 11.3 Å². The molecule has 2 heterocycles. The molecule has 0 amide bonds. The molecule has 5 nitrogen and oxygen atoms in total. The summed E-state index contributed by atoms with van der Waals surface area (Å²) in [5, 5.41) is 7.85. The van der Waals surface area contributed by atoms with Gasteiger partial charge in [-0.2, -0.15) is 5.10 Å². The highest BCUT2D eigenvalue weighted by Crippen LogP contribution is 2.21. The van der Waals surface area contributed by atoms with Gasteiger partial charge in [0, 0.05) is 24.8 Å². The number of nitrogens with one attached hydrogen (secondary N) is 1. The minimum Gasteiger partial charge on any atom is -0.397 e. The predicted molar refractivity (Wildman–Crippen MR) is 68.9 cm³/mol. The highest BCUT2D eigenvalue weighted by molar-refractivity contribution is 6.33. The van der Waals surface area contributed by atoms with Gasteiger partial charge in [-0.25, -0.2) is 4.98 Å². The van der Waals surface area contributed by atoms with Crippen LogP contribution in [0.3, 0.4) is 0 Å². The van der Waals surface area contributed by atoms with Gasteiger partial charge in [-0.05, 0) is 13.0 Å². The Morgan fingerprint density at radius 3 is 2.82 bits per heavy atom. The second-order valence-corrected chi connectivity index (χ2v) is 4.24. The highest BCUT2D eigenvalue weighted by Gasteiger charge is 2.06. The van der Waals surface area contributed by atoms with Gasteiger partial charge < -0.3 is 11.1 Å². The summed E-state index contributed by atoms with van der Waals surface area (Å²) in [5.41, 5.74) is 8.36. The first-order chi connectivity index (χ1) is 8.08. The molecule has 0 bridgehead atoms. The quantitative estimate of drug-likeness (QED) is 0.875. The Morgan fingerprint density at radius 1 is 1.47 bits per heavy atom. The smallest absolute Gasteiger partial charge is 0.145 e. The minimum atomic E-state index is 0.520. The van der Waals surface area contributed by atoms with Gasteiger partial charge in [0.25, 0.3) is 0 Å². The standard InChI is InChI=1S/C11H14ClN5/c1-7-8(5-16-17(7)2)4-14-11-10(12)3-9(13)6-15-11/h3,5-6H,4,13H2,1-2H3,(H,14,15). The van der Waals surface area contributed by atoms with E-state index in [0.717, 1.165) is 11.3 Å². The lowest BCUT2D eigenvalue weighted by Gasteiger charge is -2.07. The van der Waals surface area contributed by atoms with Crippen LogP contribution in [0.4, 0.5) is 11.5 Å². The molecule has 2 aromatic rings. The van der Waals surface area contributed by atoms with Crippen molar-refractivity contribution in [3.05, 3.63) is 34.7 Å². The number of rotatable bonds is 3. The van der Waals surface area contributed by atoms with Gasteiger partial charge in [-0.1, -0.05) is 11.6 Å².